The highest BCUT2D eigenvalue weighted by Gasteiger charge is 2.15. The summed E-state index contributed by atoms with van der Waals surface area (Å²) in [6, 6.07) is 1.94. The Morgan fingerprint density at radius 1 is 1.59 bits per heavy atom. The van der Waals surface area contributed by atoms with Crippen molar-refractivity contribution in [2.45, 2.75) is 26.5 Å². The molecule has 1 unspecified atom stereocenters. The lowest BCUT2D eigenvalue weighted by Gasteiger charge is -2.06. The Bertz CT molecular complexity index is 321. The molecule has 0 bridgehead atoms. The zero-order chi connectivity index (χ0) is 11.9. The summed E-state index contributed by atoms with van der Waals surface area (Å²) in [4.78, 5) is 0. The molecule has 1 aromatic heterocycles. The second-order valence-corrected chi connectivity index (χ2v) is 4.31. The summed E-state index contributed by atoms with van der Waals surface area (Å²) < 4.78 is 16.1. The van der Waals surface area contributed by atoms with E-state index >= 15 is 0 Å². The molecule has 5 nitrogen and oxygen atoms in total. The van der Waals surface area contributed by atoms with Crippen LogP contribution in [0.25, 0.3) is 0 Å². The SMILES string of the molecule is CCNCc1cc(COCC2CCOC2)on1. The molecule has 17 heavy (non-hydrogen) atoms. The molecule has 0 saturated carbocycles. The summed E-state index contributed by atoms with van der Waals surface area (Å²) in [5.41, 5.74) is 0.926. The Balaban J connectivity index is 1.65. The van der Waals surface area contributed by atoms with Gasteiger partial charge in [-0.05, 0) is 13.0 Å². The van der Waals surface area contributed by atoms with Gasteiger partial charge in [0, 0.05) is 25.1 Å². The van der Waals surface area contributed by atoms with Crippen LogP contribution in [0.2, 0.25) is 0 Å². The lowest BCUT2D eigenvalue weighted by Crippen LogP contribution is -2.11. The van der Waals surface area contributed by atoms with Gasteiger partial charge in [-0.15, -0.1) is 0 Å². The van der Waals surface area contributed by atoms with Gasteiger partial charge < -0.3 is 19.3 Å². The van der Waals surface area contributed by atoms with Gasteiger partial charge in [-0.1, -0.05) is 12.1 Å². The number of nitrogens with zero attached hydrogens (tertiary/aromatic N) is 1. The fourth-order valence-electron chi connectivity index (χ4n) is 1.80. The van der Waals surface area contributed by atoms with Crippen LogP contribution in [-0.2, 0) is 22.6 Å². The molecule has 0 spiro atoms. The van der Waals surface area contributed by atoms with Gasteiger partial charge in [0.25, 0.3) is 0 Å². The number of rotatable bonds is 7. The quantitative estimate of drug-likeness (QED) is 0.779. The lowest BCUT2D eigenvalue weighted by atomic mass is 10.1. The first-order valence-electron chi connectivity index (χ1n) is 6.19. The van der Waals surface area contributed by atoms with Gasteiger partial charge in [-0.25, -0.2) is 0 Å². The summed E-state index contributed by atoms with van der Waals surface area (Å²) in [5, 5.41) is 7.16. The molecule has 5 heteroatoms. The monoisotopic (exact) mass is 240 g/mol. The van der Waals surface area contributed by atoms with E-state index in [4.69, 9.17) is 14.0 Å². The third-order valence-electron chi connectivity index (χ3n) is 2.79. The van der Waals surface area contributed by atoms with E-state index in [9.17, 15) is 0 Å². The zero-order valence-electron chi connectivity index (χ0n) is 10.3. The molecule has 1 fully saturated rings. The normalized spacial score (nSPS) is 19.9. The van der Waals surface area contributed by atoms with Crippen LogP contribution in [-0.4, -0.2) is 31.5 Å². The summed E-state index contributed by atoms with van der Waals surface area (Å²) in [5.74, 6) is 1.33. The molecule has 0 amide bonds. The minimum absolute atomic E-state index is 0.496. The smallest absolute Gasteiger partial charge is 0.162 e. The molecule has 2 rings (SSSR count). The predicted molar refractivity (Wildman–Crippen MR) is 62.5 cm³/mol. The highest BCUT2D eigenvalue weighted by molar-refractivity contribution is 5.04. The predicted octanol–water partition coefficient (Wildman–Crippen LogP) is 1.34. The molecule has 1 saturated heterocycles. The molecule has 2 heterocycles. The average Bonchev–Trinajstić information content (AvgIpc) is 2.98. The molecular weight excluding hydrogens is 220 g/mol. The summed E-state index contributed by atoms with van der Waals surface area (Å²) in [6.07, 6.45) is 1.10. The van der Waals surface area contributed by atoms with E-state index in [2.05, 4.69) is 17.4 Å². The van der Waals surface area contributed by atoms with Crippen molar-refractivity contribution in [2.24, 2.45) is 5.92 Å². The Morgan fingerprint density at radius 3 is 3.29 bits per heavy atom. The van der Waals surface area contributed by atoms with Crippen molar-refractivity contribution in [3.63, 3.8) is 0 Å². The van der Waals surface area contributed by atoms with E-state index in [1.165, 1.54) is 0 Å². The van der Waals surface area contributed by atoms with Gasteiger partial charge in [0.2, 0.25) is 0 Å². The molecule has 0 aromatic carbocycles. The van der Waals surface area contributed by atoms with Crippen LogP contribution >= 0.6 is 0 Å². The average molecular weight is 240 g/mol. The van der Waals surface area contributed by atoms with E-state index < -0.39 is 0 Å². The first-order chi connectivity index (χ1) is 8.38. The number of ether oxygens (including phenoxy) is 2. The third-order valence-corrected chi connectivity index (χ3v) is 2.79. The first kappa shape index (κ1) is 12.5. The van der Waals surface area contributed by atoms with E-state index in [0.717, 1.165) is 50.8 Å². The highest BCUT2D eigenvalue weighted by Crippen LogP contribution is 2.13. The second kappa shape index (κ2) is 6.74. The standard InChI is InChI=1S/C12H20N2O3/c1-2-13-6-11-5-12(17-14-11)9-16-8-10-3-4-15-7-10/h5,10,13H,2-4,6-9H2,1H3. The van der Waals surface area contributed by atoms with Crippen LogP contribution in [0.3, 0.4) is 0 Å². The van der Waals surface area contributed by atoms with Crippen molar-refractivity contribution in [3.05, 3.63) is 17.5 Å². The number of aromatic nitrogens is 1. The maximum absolute atomic E-state index is 5.59. The summed E-state index contributed by atoms with van der Waals surface area (Å²) in [7, 11) is 0. The molecule has 96 valence electrons. The Morgan fingerprint density at radius 2 is 2.53 bits per heavy atom. The minimum atomic E-state index is 0.496. The topological polar surface area (TPSA) is 56.5 Å². The fourth-order valence-corrected chi connectivity index (χ4v) is 1.80. The molecule has 1 atom stereocenters. The van der Waals surface area contributed by atoms with Crippen LogP contribution in [0, 0.1) is 5.92 Å². The summed E-state index contributed by atoms with van der Waals surface area (Å²) >= 11 is 0. The van der Waals surface area contributed by atoms with Crippen LogP contribution in [0.4, 0.5) is 0 Å². The lowest BCUT2D eigenvalue weighted by molar-refractivity contribution is 0.0659. The number of hydrogen-bond acceptors (Lipinski definition) is 5. The van der Waals surface area contributed by atoms with Crippen molar-refractivity contribution in [1.82, 2.24) is 10.5 Å². The highest BCUT2D eigenvalue weighted by atomic mass is 16.5. The van der Waals surface area contributed by atoms with Crippen molar-refractivity contribution in [3.8, 4) is 0 Å². The van der Waals surface area contributed by atoms with E-state index in [1.54, 1.807) is 0 Å². The largest absolute Gasteiger partial charge is 0.381 e. The maximum atomic E-state index is 5.59. The molecular formula is C12H20N2O3. The molecule has 0 radical (unpaired) electrons. The number of nitrogens with one attached hydrogen (secondary N) is 1. The molecule has 0 aliphatic carbocycles. The van der Waals surface area contributed by atoms with E-state index in [1.807, 2.05) is 6.07 Å². The fraction of sp³-hybridized carbons (Fsp3) is 0.750. The Hall–Kier alpha value is -0.910. The van der Waals surface area contributed by atoms with Crippen molar-refractivity contribution in [1.29, 1.82) is 0 Å². The molecule has 1 aromatic rings. The zero-order valence-corrected chi connectivity index (χ0v) is 10.3. The molecule has 1 aliphatic heterocycles. The maximum Gasteiger partial charge on any atom is 0.162 e. The van der Waals surface area contributed by atoms with Crippen molar-refractivity contribution >= 4 is 0 Å². The third kappa shape index (κ3) is 4.11. The molecule has 1 aliphatic rings. The van der Waals surface area contributed by atoms with Gasteiger partial charge in [-0.2, -0.15) is 0 Å². The molecule has 1 N–H and O–H groups in total. The van der Waals surface area contributed by atoms with Crippen molar-refractivity contribution < 1.29 is 14.0 Å². The van der Waals surface area contributed by atoms with Crippen LogP contribution < -0.4 is 5.32 Å². The van der Waals surface area contributed by atoms with Crippen LogP contribution in [0.5, 0.6) is 0 Å². The van der Waals surface area contributed by atoms with Crippen LogP contribution in [0.15, 0.2) is 10.6 Å². The van der Waals surface area contributed by atoms with E-state index in [-0.39, 0.29) is 0 Å². The van der Waals surface area contributed by atoms with Gasteiger partial charge in [0.05, 0.1) is 18.9 Å². The Labute approximate surface area is 101 Å². The Kier molecular flexibility index (Phi) is 4.97. The van der Waals surface area contributed by atoms with E-state index in [0.29, 0.717) is 12.5 Å². The van der Waals surface area contributed by atoms with Crippen molar-refractivity contribution in [2.75, 3.05) is 26.4 Å². The van der Waals surface area contributed by atoms with Crippen LogP contribution in [0.1, 0.15) is 24.8 Å². The van der Waals surface area contributed by atoms with Gasteiger partial charge >= 0.3 is 0 Å². The first-order valence-corrected chi connectivity index (χ1v) is 6.19. The van der Waals surface area contributed by atoms with Gasteiger partial charge in [0.15, 0.2) is 5.76 Å². The van der Waals surface area contributed by atoms with Gasteiger partial charge in [0.1, 0.15) is 6.61 Å². The number of hydrogen-bond donors (Lipinski definition) is 1. The summed E-state index contributed by atoms with van der Waals surface area (Å²) in [6.45, 7) is 6.66. The minimum Gasteiger partial charge on any atom is -0.381 e. The van der Waals surface area contributed by atoms with Gasteiger partial charge in [-0.3, -0.25) is 0 Å². The second-order valence-electron chi connectivity index (χ2n) is 4.31.